The van der Waals surface area contributed by atoms with E-state index in [9.17, 15) is 13.2 Å². The number of rotatable bonds is 6. The van der Waals surface area contributed by atoms with Gasteiger partial charge < -0.3 is 5.32 Å². The lowest BCUT2D eigenvalue weighted by Gasteiger charge is -2.11. The molecule has 4 aromatic carbocycles. The first-order valence-electron chi connectivity index (χ1n) is 10.5. The van der Waals surface area contributed by atoms with Gasteiger partial charge in [0.15, 0.2) is 0 Å². The summed E-state index contributed by atoms with van der Waals surface area (Å²) in [7, 11) is -3.83. The Kier molecular flexibility index (Phi) is 6.25. The Morgan fingerprint density at radius 2 is 1.60 bits per heavy atom. The number of thiazole rings is 1. The summed E-state index contributed by atoms with van der Waals surface area (Å²) in [4.78, 5) is 17.8. The van der Waals surface area contributed by atoms with E-state index >= 15 is 0 Å². The van der Waals surface area contributed by atoms with Gasteiger partial charge in [-0.05, 0) is 66.7 Å². The summed E-state index contributed by atoms with van der Waals surface area (Å²) in [6.07, 6.45) is 0. The number of amides is 1. The second-order valence-corrected chi connectivity index (χ2v) is 10.8. The van der Waals surface area contributed by atoms with Crippen LogP contribution in [0.1, 0.15) is 10.4 Å². The molecule has 0 aliphatic heterocycles. The molecule has 0 aliphatic rings. The molecule has 9 heteroatoms. The number of sulfonamides is 1. The molecule has 0 spiro atoms. The molecule has 0 radical (unpaired) electrons. The van der Waals surface area contributed by atoms with Crippen molar-refractivity contribution in [2.45, 2.75) is 4.90 Å². The van der Waals surface area contributed by atoms with Gasteiger partial charge in [-0.3, -0.25) is 9.52 Å². The molecule has 5 rings (SSSR count). The van der Waals surface area contributed by atoms with E-state index in [2.05, 4.69) is 10.0 Å². The normalized spacial score (nSPS) is 11.3. The molecule has 2 N–H and O–H groups in total. The number of para-hydroxylation sites is 2. The smallest absolute Gasteiger partial charge is 0.261 e. The Morgan fingerprint density at radius 3 is 2.40 bits per heavy atom. The number of carbonyl (C=O) groups excluding carboxylic acids is 1. The zero-order valence-electron chi connectivity index (χ0n) is 18.1. The Balaban J connectivity index is 1.39. The molecule has 6 nitrogen and oxygen atoms in total. The van der Waals surface area contributed by atoms with Crippen molar-refractivity contribution >= 4 is 60.5 Å². The number of nitrogens with one attached hydrogen (secondary N) is 2. The second kappa shape index (κ2) is 9.50. The highest BCUT2D eigenvalue weighted by Gasteiger charge is 2.17. The van der Waals surface area contributed by atoms with Gasteiger partial charge in [0, 0.05) is 21.8 Å². The number of anilines is 2. The van der Waals surface area contributed by atoms with Crippen LogP contribution in [0.5, 0.6) is 0 Å². The fourth-order valence-electron chi connectivity index (χ4n) is 3.51. The molecule has 0 saturated carbocycles. The van der Waals surface area contributed by atoms with Crippen molar-refractivity contribution in [3.05, 3.63) is 108 Å². The highest BCUT2D eigenvalue weighted by atomic mass is 35.5. The molecule has 0 fully saturated rings. The van der Waals surface area contributed by atoms with Crippen molar-refractivity contribution in [3.63, 3.8) is 0 Å². The van der Waals surface area contributed by atoms with Crippen molar-refractivity contribution < 1.29 is 13.2 Å². The summed E-state index contributed by atoms with van der Waals surface area (Å²) in [6, 6.07) is 27.5. The highest BCUT2D eigenvalue weighted by molar-refractivity contribution is 7.92. The molecule has 1 aromatic heterocycles. The number of fused-ring (bicyclic) bond motifs is 1. The van der Waals surface area contributed by atoms with E-state index in [1.807, 2.05) is 48.5 Å². The van der Waals surface area contributed by atoms with Gasteiger partial charge in [-0.2, -0.15) is 0 Å². The average Bonchev–Trinajstić information content (AvgIpc) is 3.29. The third kappa shape index (κ3) is 5.05. The molecule has 0 bridgehead atoms. The van der Waals surface area contributed by atoms with Crippen LogP contribution < -0.4 is 10.0 Å². The van der Waals surface area contributed by atoms with Crippen LogP contribution in [0.3, 0.4) is 0 Å². The maximum absolute atomic E-state index is 13.1. The van der Waals surface area contributed by atoms with Crippen molar-refractivity contribution in [3.8, 4) is 10.6 Å². The van der Waals surface area contributed by atoms with Crippen LogP contribution in [0.25, 0.3) is 20.8 Å². The third-order valence-electron chi connectivity index (χ3n) is 5.20. The first-order chi connectivity index (χ1) is 16.9. The van der Waals surface area contributed by atoms with E-state index < -0.39 is 10.0 Å². The summed E-state index contributed by atoms with van der Waals surface area (Å²) in [5.74, 6) is -0.369. The first kappa shape index (κ1) is 23.0. The Hall–Kier alpha value is -3.72. The van der Waals surface area contributed by atoms with E-state index in [1.165, 1.54) is 30.3 Å². The number of aromatic nitrogens is 1. The summed E-state index contributed by atoms with van der Waals surface area (Å²) in [5, 5.41) is 4.17. The van der Waals surface area contributed by atoms with Gasteiger partial charge >= 0.3 is 0 Å². The first-order valence-corrected chi connectivity index (χ1v) is 13.2. The minimum atomic E-state index is -3.83. The zero-order valence-corrected chi connectivity index (χ0v) is 20.5. The molecular weight excluding hydrogens is 502 g/mol. The molecule has 5 aromatic rings. The molecule has 0 saturated heterocycles. The molecule has 0 aliphatic carbocycles. The Morgan fingerprint density at radius 1 is 0.857 bits per heavy atom. The molecule has 1 heterocycles. The predicted octanol–water partition coefficient (Wildman–Crippen LogP) is 6.67. The summed E-state index contributed by atoms with van der Waals surface area (Å²) < 4.78 is 29.0. The van der Waals surface area contributed by atoms with Gasteiger partial charge in [-0.15, -0.1) is 11.3 Å². The minimum Gasteiger partial charge on any atom is -0.321 e. The molecule has 0 unspecified atom stereocenters. The van der Waals surface area contributed by atoms with Crippen molar-refractivity contribution in [2.75, 3.05) is 10.0 Å². The second-order valence-electron chi connectivity index (χ2n) is 7.63. The lowest BCUT2D eigenvalue weighted by atomic mass is 10.1. The quantitative estimate of drug-likeness (QED) is 0.262. The van der Waals surface area contributed by atoms with Gasteiger partial charge in [0.25, 0.3) is 15.9 Å². The van der Waals surface area contributed by atoms with Gasteiger partial charge in [-0.1, -0.05) is 41.9 Å². The lowest BCUT2D eigenvalue weighted by molar-refractivity contribution is 0.102. The predicted molar refractivity (Wildman–Crippen MR) is 142 cm³/mol. The maximum atomic E-state index is 13.1. The van der Waals surface area contributed by atoms with Crippen LogP contribution in [0, 0.1) is 0 Å². The number of benzene rings is 4. The van der Waals surface area contributed by atoms with E-state index in [0.717, 1.165) is 20.8 Å². The zero-order chi connectivity index (χ0) is 24.4. The summed E-state index contributed by atoms with van der Waals surface area (Å²) >= 11 is 7.40. The van der Waals surface area contributed by atoms with Crippen molar-refractivity contribution in [1.82, 2.24) is 4.98 Å². The van der Waals surface area contributed by atoms with Gasteiger partial charge in [0.05, 0.1) is 20.8 Å². The molecule has 174 valence electrons. The molecule has 0 atom stereocenters. The summed E-state index contributed by atoms with van der Waals surface area (Å²) in [5.41, 5.74) is 2.90. The number of carbonyl (C=O) groups is 1. The molecule has 1 amide bonds. The minimum absolute atomic E-state index is 0.0708. The van der Waals surface area contributed by atoms with Gasteiger partial charge in [0.1, 0.15) is 5.01 Å². The highest BCUT2D eigenvalue weighted by Crippen LogP contribution is 2.34. The van der Waals surface area contributed by atoms with Crippen LogP contribution in [0.4, 0.5) is 11.4 Å². The van der Waals surface area contributed by atoms with Crippen molar-refractivity contribution in [1.29, 1.82) is 0 Å². The number of hydrogen-bond donors (Lipinski definition) is 2. The van der Waals surface area contributed by atoms with E-state index in [4.69, 9.17) is 16.6 Å². The van der Waals surface area contributed by atoms with Crippen LogP contribution in [0.2, 0.25) is 5.02 Å². The Labute approximate surface area is 211 Å². The fraction of sp³-hybridized carbons (Fsp3) is 0. The van der Waals surface area contributed by atoms with Crippen molar-refractivity contribution in [2.24, 2.45) is 0 Å². The van der Waals surface area contributed by atoms with Crippen LogP contribution in [-0.2, 0) is 10.0 Å². The van der Waals surface area contributed by atoms with E-state index in [-0.39, 0.29) is 16.5 Å². The fourth-order valence-corrected chi connectivity index (χ4v) is 5.69. The lowest BCUT2D eigenvalue weighted by Crippen LogP contribution is -2.15. The van der Waals surface area contributed by atoms with Crippen LogP contribution in [0.15, 0.2) is 102 Å². The molecule has 35 heavy (non-hydrogen) atoms. The largest absolute Gasteiger partial charge is 0.321 e. The average molecular weight is 520 g/mol. The van der Waals surface area contributed by atoms with Crippen LogP contribution in [-0.4, -0.2) is 19.3 Å². The number of hydrogen-bond acceptors (Lipinski definition) is 5. The van der Waals surface area contributed by atoms with Gasteiger partial charge in [0.2, 0.25) is 0 Å². The maximum Gasteiger partial charge on any atom is 0.261 e. The topological polar surface area (TPSA) is 88.2 Å². The van der Waals surface area contributed by atoms with E-state index in [0.29, 0.717) is 16.3 Å². The SMILES string of the molecule is O=C(Nc1ccccc1-c1nc2ccccc2s1)c1cccc(NS(=O)(=O)c2ccc(Cl)cc2)c1. The Bertz CT molecular complexity index is 1620. The summed E-state index contributed by atoms with van der Waals surface area (Å²) in [6.45, 7) is 0. The number of halogens is 1. The monoisotopic (exact) mass is 519 g/mol. The van der Waals surface area contributed by atoms with Crippen LogP contribution >= 0.6 is 22.9 Å². The third-order valence-corrected chi connectivity index (χ3v) is 7.92. The van der Waals surface area contributed by atoms with Gasteiger partial charge in [-0.25, -0.2) is 13.4 Å². The standard InChI is InChI=1S/C26H18ClN3O3S2/c27-18-12-14-20(15-13-18)35(32,33)30-19-7-5-6-17(16-19)25(31)28-22-9-2-1-8-21(22)26-29-23-10-3-4-11-24(23)34-26/h1-16,30H,(H,28,31). The van der Waals surface area contributed by atoms with E-state index in [1.54, 1.807) is 29.5 Å². The number of nitrogens with zero attached hydrogens (tertiary/aromatic N) is 1. The molecular formula is C26H18ClN3O3S2.